The summed E-state index contributed by atoms with van der Waals surface area (Å²) in [5, 5.41) is 18.0. The standard InChI is InChI=1S/C18H30O3/c1-2-3-11-14-17(19)15-12-9-7-5-4-6-8-10-13-16-18(20)21/h7,9,12,14-15,19H,2-6,8,10-11,13,16H2,1H3,(H,20,21)/b9-7+,15-12+,17-14-. The molecule has 0 aliphatic carbocycles. The lowest BCUT2D eigenvalue weighted by atomic mass is 10.1. The molecule has 0 saturated carbocycles. The van der Waals surface area contributed by atoms with Crippen LogP contribution in [0.3, 0.4) is 0 Å². The van der Waals surface area contributed by atoms with Crippen molar-refractivity contribution in [3.8, 4) is 0 Å². The third-order valence-corrected chi connectivity index (χ3v) is 3.19. The number of carboxylic acid groups (broad SMARTS) is 1. The lowest BCUT2D eigenvalue weighted by Gasteiger charge is -1.97. The van der Waals surface area contributed by atoms with Crippen LogP contribution in [0.4, 0.5) is 0 Å². The van der Waals surface area contributed by atoms with Crippen molar-refractivity contribution >= 4 is 5.97 Å². The van der Waals surface area contributed by atoms with E-state index in [2.05, 4.69) is 13.0 Å². The second kappa shape index (κ2) is 14.9. The second-order valence-corrected chi connectivity index (χ2v) is 5.26. The molecule has 120 valence electrons. The van der Waals surface area contributed by atoms with Crippen LogP contribution in [0.1, 0.15) is 71.1 Å². The normalized spacial score (nSPS) is 12.5. The number of aliphatic hydroxyl groups is 1. The van der Waals surface area contributed by atoms with Crippen LogP contribution >= 0.6 is 0 Å². The number of unbranched alkanes of at least 4 members (excludes halogenated alkanes) is 7. The molecule has 3 nitrogen and oxygen atoms in total. The zero-order chi connectivity index (χ0) is 15.8. The molecule has 0 aromatic carbocycles. The molecule has 0 atom stereocenters. The first kappa shape index (κ1) is 19.5. The molecule has 0 fully saturated rings. The van der Waals surface area contributed by atoms with Crippen molar-refractivity contribution < 1.29 is 15.0 Å². The van der Waals surface area contributed by atoms with Gasteiger partial charge >= 0.3 is 5.97 Å². The first-order valence-electron chi connectivity index (χ1n) is 8.11. The van der Waals surface area contributed by atoms with Crippen LogP contribution < -0.4 is 0 Å². The van der Waals surface area contributed by atoms with Crippen LogP contribution in [0.25, 0.3) is 0 Å². The molecule has 0 aliphatic rings. The van der Waals surface area contributed by atoms with E-state index in [9.17, 15) is 9.90 Å². The molecule has 0 spiro atoms. The van der Waals surface area contributed by atoms with E-state index in [1.54, 1.807) is 6.08 Å². The third kappa shape index (κ3) is 16.4. The Hall–Kier alpha value is -1.51. The second-order valence-electron chi connectivity index (χ2n) is 5.26. The molecular formula is C18H30O3. The molecular weight excluding hydrogens is 264 g/mol. The maximum Gasteiger partial charge on any atom is 0.303 e. The van der Waals surface area contributed by atoms with Crippen LogP contribution in [0, 0.1) is 0 Å². The summed E-state index contributed by atoms with van der Waals surface area (Å²) < 4.78 is 0. The van der Waals surface area contributed by atoms with Gasteiger partial charge in [-0.25, -0.2) is 0 Å². The highest BCUT2D eigenvalue weighted by Gasteiger charge is 1.95. The summed E-state index contributed by atoms with van der Waals surface area (Å²) in [4.78, 5) is 10.3. The van der Waals surface area contributed by atoms with Gasteiger partial charge in [-0.3, -0.25) is 4.79 Å². The predicted molar refractivity (Wildman–Crippen MR) is 88.5 cm³/mol. The molecule has 0 aromatic rings. The molecule has 0 aromatic heterocycles. The minimum absolute atomic E-state index is 0.292. The number of allylic oxidation sites excluding steroid dienone is 5. The van der Waals surface area contributed by atoms with Crippen LogP contribution in [0.5, 0.6) is 0 Å². The Morgan fingerprint density at radius 2 is 1.62 bits per heavy atom. The van der Waals surface area contributed by atoms with E-state index in [0.29, 0.717) is 12.2 Å². The lowest BCUT2D eigenvalue weighted by molar-refractivity contribution is -0.137. The molecule has 0 rings (SSSR count). The fourth-order valence-electron chi connectivity index (χ4n) is 1.92. The predicted octanol–water partition coefficient (Wildman–Crippen LogP) is 5.55. The monoisotopic (exact) mass is 294 g/mol. The van der Waals surface area contributed by atoms with Gasteiger partial charge in [0.1, 0.15) is 5.76 Å². The van der Waals surface area contributed by atoms with Crippen molar-refractivity contribution in [2.45, 2.75) is 71.1 Å². The van der Waals surface area contributed by atoms with Gasteiger partial charge in [0, 0.05) is 6.42 Å². The van der Waals surface area contributed by atoms with Gasteiger partial charge in [0.15, 0.2) is 0 Å². The van der Waals surface area contributed by atoms with E-state index in [-0.39, 0.29) is 0 Å². The Labute approximate surface area is 129 Å². The van der Waals surface area contributed by atoms with E-state index in [0.717, 1.165) is 57.8 Å². The number of carboxylic acids is 1. The highest BCUT2D eigenvalue weighted by Crippen LogP contribution is 2.07. The number of carbonyl (C=O) groups is 1. The fourth-order valence-corrected chi connectivity index (χ4v) is 1.92. The summed E-state index contributed by atoms with van der Waals surface area (Å²) in [5.41, 5.74) is 0. The number of hydrogen-bond acceptors (Lipinski definition) is 2. The minimum Gasteiger partial charge on any atom is -0.508 e. The van der Waals surface area contributed by atoms with Gasteiger partial charge in [0.25, 0.3) is 0 Å². The lowest BCUT2D eigenvalue weighted by Crippen LogP contribution is -1.93. The van der Waals surface area contributed by atoms with Gasteiger partial charge in [0.05, 0.1) is 0 Å². The molecule has 21 heavy (non-hydrogen) atoms. The van der Waals surface area contributed by atoms with Crippen LogP contribution in [0.15, 0.2) is 36.1 Å². The highest BCUT2D eigenvalue weighted by molar-refractivity contribution is 5.66. The first-order valence-corrected chi connectivity index (χ1v) is 8.11. The smallest absolute Gasteiger partial charge is 0.303 e. The quantitative estimate of drug-likeness (QED) is 0.266. The van der Waals surface area contributed by atoms with Crippen molar-refractivity contribution in [3.63, 3.8) is 0 Å². The van der Waals surface area contributed by atoms with Gasteiger partial charge in [-0.2, -0.15) is 0 Å². The molecule has 0 heterocycles. The van der Waals surface area contributed by atoms with Crippen molar-refractivity contribution in [3.05, 3.63) is 36.1 Å². The van der Waals surface area contributed by atoms with Crippen molar-refractivity contribution in [2.75, 3.05) is 0 Å². The molecule has 0 radical (unpaired) electrons. The zero-order valence-electron chi connectivity index (χ0n) is 13.3. The summed E-state index contributed by atoms with van der Waals surface area (Å²) in [6.07, 6.45) is 19.2. The maximum absolute atomic E-state index is 10.3. The number of aliphatic carboxylic acids is 1. The van der Waals surface area contributed by atoms with E-state index >= 15 is 0 Å². The van der Waals surface area contributed by atoms with Gasteiger partial charge in [-0.1, -0.05) is 50.8 Å². The maximum atomic E-state index is 10.3. The Bertz CT molecular complexity index is 340. The summed E-state index contributed by atoms with van der Waals surface area (Å²) in [7, 11) is 0. The average molecular weight is 294 g/mol. The third-order valence-electron chi connectivity index (χ3n) is 3.19. The van der Waals surface area contributed by atoms with E-state index in [1.165, 1.54) is 0 Å². The molecule has 0 saturated heterocycles. The SMILES string of the molecule is CCCC/C=C(O)/C=C/C=C/CCCCCCCC(=O)O. The fraction of sp³-hybridized carbons (Fsp3) is 0.611. The summed E-state index contributed by atoms with van der Waals surface area (Å²) in [6.45, 7) is 2.13. The van der Waals surface area contributed by atoms with E-state index in [4.69, 9.17) is 5.11 Å². The molecule has 0 aliphatic heterocycles. The number of hydrogen-bond donors (Lipinski definition) is 2. The molecule has 0 amide bonds. The summed E-state index contributed by atoms with van der Waals surface area (Å²) in [6, 6.07) is 0. The van der Waals surface area contributed by atoms with E-state index < -0.39 is 5.97 Å². The van der Waals surface area contributed by atoms with Crippen LogP contribution in [-0.2, 0) is 4.79 Å². The largest absolute Gasteiger partial charge is 0.508 e. The Morgan fingerprint density at radius 3 is 2.33 bits per heavy atom. The Balaban J connectivity index is 3.47. The van der Waals surface area contributed by atoms with Crippen molar-refractivity contribution in [2.24, 2.45) is 0 Å². The Morgan fingerprint density at radius 1 is 0.905 bits per heavy atom. The topological polar surface area (TPSA) is 57.5 Å². The molecule has 0 unspecified atom stereocenters. The summed E-state index contributed by atoms with van der Waals surface area (Å²) >= 11 is 0. The van der Waals surface area contributed by atoms with Crippen molar-refractivity contribution in [1.82, 2.24) is 0 Å². The van der Waals surface area contributed by atoms with Gasteiger partial charge < -0.3 is 10.2 Å². The first-order chi connectivity index (χ1) is 10.2. The average Bonchev–Trinajstić information content (AvgIpc) is 2.44. The highest BCUT2D eigenvalue weighted by atomic mass is 16.4. The zero-order valence-corrected chi connectivity index (χ0v) is 13.3. The van der Waals surface area contributed by atoms with Gasteiger partial charge in [-0.05, 0) is 44.3 Å². The van der Waals surface area contributed by atoms with Crippen LogP contribution in [-0.4, -0.2) is 16.2 Å². The number of aliphatic hydroxyl groups excluding tert-OH is 1. The Kier molecular flexibility index (Phi) is 13.8. The molecule has 0 bridgehead atoms. The molecule has 2 N–H and O–H groups in total. The van der Waals surface area contributed by atoms with Crippen molar-refractivity contribution in [1.29, 1.82) is 0 Å². The number of rotatable bonds is 13. The van der Waals surface area contributed by atoms with Gasteiger partial charge in [-0.15, -0.1) is 0 Å². The minimum atomic E-state index is -0.697. The van der Waals surface area contributed by atoms with Gasteiger partial charge in [0.2, 0.25) is 0 Å². The summed E-state index contributed by atoms with van der Waals surface area (Å²) in [5.74, 6) is -0.358. The van der Waals surface area contributed by atoms with E-state index in [1.807, 2.05) is 18.2 Å². The molecule has 3 heteroatoms. The van der Waals surface area contributed by atoms with Crippen LogP contribution in [0.2, 0.25) is 0 Å².